The summed E-state index contributed by atoms with van der Waals surface area (Å²) < 4.78 is 15.8. The molecule has 0 radical (unpaired) electrons. The van der Waals surface area contributed by atoms with Gasteiger partial charge in [0, 0.05) is 30.9 Å². The van der Waals surface area contributed by atoms with Crippen LogP contribution >= 0.6 is 11.3 Å². The number of hydrogen-bond acceptors (Lipinski definition) is 6. The van der Waals surface area contributed by atoms with Crippen molar-refractivity contribution in [1.29, 1.82) is 0 Å². The van der Waals surface area contributed by atoms with Gasteiger partial charge in [0.25, 0.3) is 5.91 Å². The molecule has 2 amide bonds. The summed E-state index contributed by atoms with van der Waals surface area (Å²) in [5.41, 5.74) is 0.549. The smallest absolute Gasteiger partial charge is 0.263 e. The van der Waals surface area contributed by atoms with E-state index in [0.29, 0.717) is 40.9 Å². The first-order chi connectivity index (χ1) is 12.6. The van der Waals surface area contributed by atoms with Gasteiger partial charge in [-0.15, -0.1) is 11.3 Å². The Hall–Kier alpha value is -2.74. The number of nitrogens with one attached hydrogen (secondary N) is 1. The van der Waals surface area contributed by atoms with Gasteiger partial charge in [0.2, 0.25) is 11.7 Å². The summed E-state index contributed by atoms with van der Waals surface area (Å²) in [6, 6.07) is 6.97. The molecule has 0 aliphatic carbocycles. The number of amides is 2. The average Bonchev–Trinajstić information content (AvgIpc) is 3.14. The molecule has 0 saturated carbocycles. The first kappa shape index (κ1) is 18.1. The Morgan fingerprint density at radius 1 is 1.12 bits per heavy atom. The molecule has 2 heterocycles. The molecule has 0 atom stereocenters. The van der Waals surface area contributed by atoms with Gasteiger partial charge in [-0.3, -0.25) is 9.59 Å². The number of rotatable bonds is 6. The van der Waals surface area contributed by atoms with Gasteiger partial charge >= 0.3 is 0 Å². The van der Waals surface area contributed by atoms with E-state index in [-0.39, 0.29) is 17.7 Å². The lowest BCUT2D eigenvalue weighted by Gasteiger charge is -2.37. The fourth-order valence-electron chi connectivity index (χ4n) is 2.76. The van der Waals surface area contributed by atoms with Gasteiger partial charge < -0.3 is 24.4 Å². The van der Waals surface area contributed by atoms with E-state index in [1.165, 1.54) is 32.7 Å². The Morgan fingerprint density at radius 3 is 2.27 bits per heavy atom. The van der Waals surface area contributed by atoms with E-state index >= 15 is 0 Å². The third kappa shape index (κ3) is 3.45. The maximum absolute atomic E-state index is 12.4. The number of hydrogen-bond donors (Lipinski definition) is 1. The quantitative estimate of drug-likeness (QED) is 0.838. The van der Waals surface area contributed by atoms with Gasteiger partial charge in [0.05, 0.1) is 32.1 Å². The Kier molecular flexibility index (Phi) is 5.32. The number of thiophene rings is 1. The summed E-state index contributed by atoms with van der Waals surface area (Å²) in [7, 11) is 4.55. The van der Waals surface area contributed by atoms with Crippen LogP contribution in [0.25, 0.3) is 0 Å². The van der Waals surface area contributed by atoms with Gasteiger partial charge in [-0.2, -0.15) is 0 Å². The Balaban J connectivity index is 1.63. The monoisotopic (exact) mass is 376 g/mol. The molecule has 1 fully saturated rings. The third-order valence-corrected chi connectivity index (χ3v) is 5.06. The Bertz CT molecular complexity index is 775. The van der Waals surface area contributed by atoms with Crippen molar-refractivity contribution in [3.63, 3.8) is 0 Å². The maximum atomic E-state index is 12.4. The molecule has 1 aliphatic heterocycles. The molecule has 0 bridgehead atoms. The molecule has 0 spiro atoms. The predicted molar refractivity (Wildman–Crippen MR) is 98.4 cm³/mol. The molecule has 1 aromatic carbocycles. The molecular formula is C18H20N2O5S. The van der Waals surface area contributed by atoms with Crippen LogP contribution in [0.15, 0.2) is 29.6 Å². The minimum absolute atomic E-state index is 0.0307. The van der Waals surface area contributed by atoms with Crippen molar-refractivity contribution >= 4 is 28.8 Å². The van der Waals surface area contributed by atoms with Crippen molar-refractivity contribution in [3.05, 3.63) is 34.5 Å². The molecule has 8 heteroatoms. The van der Waals surface area contributed by atoms with Crippen molar-refractivity contribution in [1.82, 2.24) is 4.90 Å². The topological polar surface area (TPSA) is 77.1 Å². The molecule has 2 aromatic rings. The van der Waals surface area contributed by atoms with Crippen molar-refractivity contribution in [3.8, 4) is 17.2 Å². The molecule has 3 rings (SSSR count). The molecular weight excluding hydrogens is 356 g/mol. The lowest BCUT2D eigenvalue weighted by molar-refractivity contribution is -0.123. The highest BCUT2D eigenvalue weighted by molar-refractivity contribution is 7.12. The molecule has 26 heavy (non-hydrogen) atoms. The molecule has 7 nitrogen and oxygen atoms in total. The van der Waals surface area contributed by atoms with Gasteiger partial charge in [-0.1, -0.05) is 6.07 Å². The molecule has 1 N–H and O–H groups in total. The number of benzene rings is 1. The first-order valence-electron chi connectivity index (χ1n) is 8.01. The van der Waals surface area contributed by atoms with Crippen LogP contribution in [0.3, 0.4) is 0 Å². The fraction of sp³-hybridized carbons (Fsp3) is 0.333. The Morgan fingerprint density at radius 2 is 1.77 bits per heavy atom. The highest BCUT2D eigenvalue weighted by Crippen LogP contribution is 2.40. The van der Waals surface area contributed by atoms with Gasteiger partial charge in [-0.25, -0.2) is 0 Å². The first-order valence-corrected chi connectivity index (χ1v) is 8.89. The van der Waals surface area contributed by atoms with Crippen LogP contribution in [-0.2, 0) is 4.79 Å². The number of carbonyl (C=O) groups excluding carboxylic acids is 2. The maximum Gasteiger partial charge on any atom is 0.263 e. The zero-order valence-corrected chi connectivity index (χ0v) is 15.6. The van der Waals surface area contributed by atoms with E-state index in [4.69, 9.17) is 14.2 Å². The van der Waals surface area contributed by atoms with Crippen LogP contribution < -0.4 is 19.5 Å². The number of nitrogens with zero attached hydrogens (tertiary/aromatic N) is 1. The molecule has 0 unspecified atom stereocenters. The van der Waals surface area contributed by atoms with E-state index in [2.05, 4.69) is 5.32 Å². The second-order valence-electron chi connectivity index (χ2n) is 5.79. The zero-order valence-electron chi connectivity index (χ0n) is 14.8. The second kappa shape index (κ2) is 7.65. The third-order valence-electron chi connectivity index (χ3n) is 4.20. The molecule has 138 valence electrons. The van der Waals surface area contributed by atoms with Crippen LogP contribution in [0.2, 0.25) is 0 Å². The number of likely N-dealkylation sites (tertiary alicyclic amines) is 1. The van der Waals surface area contributed by atoms with E-state index in [9.17, 15) is 9.59 Å². The lowest BCUT2D eigenvalue weighted by Crippen LogP contribution is -2.54. The van der Waals surface area contributed by atoms with E-state index in [0.717, 1.165) is 0 Å². The van der Waals surface area contributed by atoms with Crippen LogP contribution in [-0.4, -0.2) is 51.1 Å². The number of anilines is 1. The summed E-state index contributed by atoms with van der Waals surface area (Å²) in [6.45, 7) is 0.819. The van der Waals surface area contributed by atoms with Crippen LogP contribution in [0.5, 0.6) is 17.2 Å². The standard InChI is InChI=1S/C18H20N2O5S/c1-23-13-7-12(8-14(24-2)16(13)25-3)19-17(21)11-9-20(10-11)18(22)15-5-4-6-26-15/h4-8,11H,9-10H2,1-3H3,(H,19,21). The van der Waals surface area contributed by atoms with Gasteiger partial charge in [-0.05, 0) is 11.4 Å². The highest BCUT2D eigenvalue weighted by atomic mass is 32.1. The van der Waals surface area contributed by atoms with Crippen molar-refractivity contribution < 1.29 is 23.8 Å². The zero-order chi connectivity index (χ0) is 18.7. The summed E-state index contributed by atoms with van der Waals surface area (Å²) in [6.07, 6.45) is 0. The van der Waals surface area contributed by atoms with Crippen LogP contribution in [0.1, 0.15) is 9.67 Å². The Labute approximate surface area is 155 Å². The number of methoxy groups -OCH3 is 3. The summed E-state index contributed by atoms with van der Waals surface area (Å²) >= 11 is 1.40. The SMILES string of the molecule is COc1cc(NC(=O)C2CN(C(=O)c3cccs3)C2)cc(OC)c1OC. The van der Waals surface area contributed by atoms with Crippen LogP contribution in [0, 0.1) is 5.92 Å². The average molecular weight is 376 g/mol. The predicted octanol–water partition coefficient (Wildman–Crippen LogP) is 2.48. The summed E-state index contributed by atoms with van der Waals surface area (Å²) in [5, 5.41) is 4.71. The number of ether oxygens (including phenoxy) is 3. The normalized spacial score (nSPS) is 13.7. The van der Waals surface area contributed by atoms with Gasteiger partial charge in [0.15, 0.2) is 11.5 Å². The highest BCUT2D eigenvalue weighted by Gasteiger charge is 2.36. The lowest BCUT2D eigenvalue weighted by atomic mass is 9.98. The fourth-order valence-corrected chi connectivity index (χ4v) is 3.45. The van der Waals surface area contributed by atoms with E-state index in [1.807, 2.05) is 11.4 Å². The summed E-state index contributed by atoms with van der Waals surface area (Å²) in [4.78, 5) is 27.0. The minimum Gasteiger partial charge on any atom is -0.493 e. The van der Waals surface area contributed by atoms with Crippen LogP contribution in [0.4, 0.5) is 5.69 Å². The number of carbonyl (C=O) groups is 2. The summed E-state index contributed by atoms with van der Waals surface area (Å²) in [5.74, 6) is 0.976. The largest absolute Gasteiger partial charge is 0.493 e. The molecule has 1 saturated heterocycles. The van der Waals surface area contributed by atoms with Crippen molar-refractivity contribution in [2.45, 2.75) is 0 Å². The van der Waals surface area contributed by atoms with E-state index in [1.54, 1.807) is 23.1 Å². The van der Waals surface area contributed by atoms with Crippen molar-refractivity contribution in [2.24, 2.45) is 5.92 Å². The van der Waals surface area contributed by atoms with Crippen molar-refractivity contribution in [2.75, 3.05) is 39.7 Å². The molecule has 1 aromatic heterocycles. The molecule has 1 aliphatic rings. The minimum atomic E-state index is -0.238. The van der Waals surface area contributed by atoms with E-state index < -0.39 is 0 Å². The van der Waals surface area contributed by atoms with Gasteiger partial charge in [0.1, 0.15) is 0 Å². The second-order valence-corrected chi connectivity index (χ2v) is 6.74.